The van der Waals surface area contributed by atoms with Crippen molar-refractivity contribution in [2.75, 3.05) is 5.73 Å². The van der Waals surface area contributed by atoms with Crippen molar-refractivity contribution in [3.05, 3.63) is 89.6 Å². The Balaban J connectivity index is 1.45. The molecule has 3 heterocycles. The van der Waals surface area contributed by atoms with E-state index in [0.717, 1.165) is 29.0 Å². The fraction of sp³-hybridized carbons (Fsp3) is 0.143. The molecule has 0 saturated heterocycles. The van der Waals surface area contributed by atoms with Gasteiger partial charge in [-0.25, -0.2) is 13.7 Å². The summed E-state index contributed by atoms with van der Waals surface area (Å²) in [5.74, 6) is 1.60. The largest absolute Gasteiger partial charge is 0.472 e. The highest BCUT2D eigenvalue weighted by atomic mass is 31.2. The highest BCUT2D eigenvalue weighted by Gasteiger charge is 2.20. The van der Waals surface area contributed by atoms with Gasteiger partial charge in [-0.1, -0.05) is 29.4 Å². The first kappa shape index (κ1) is 21.0. The molecule has 160 valence electrons. The minimum Gasteiger partial charge on any atom is -0.469 e. The van der Waals surface area contributed by atoms with Crippen LogP contribution in [0.3, 0.4) is 0 Å². The van der Waals surface area contributed by atoms with Gasteiger partial charge < -0.3 is 18.7 Å². The maximum atomic E-state index is 10.9. The molecule has 3 aromatic heterocycles. The molecule has 31 heavy (non-hydrogen) atoms. The van der Waals surface area contributed by atoms with Gasteiger partial charge in [0.05, 0.1) is 18.2 Å². The van der Waals surface area contributed by atoms with Gasteiger partial charge >= 0.3 is 7.82 Å². The quantitative estimate of drug-likeness (QED) is 0.280. The van der Waals surface area contributed by atoms with E-state index in [0.29, 0.717) is 17.7 Å². The van der Waals surface area contributed by atoms with E-state index in [1.54, 1.807) is 30.7 Å². The number of nitrogen functional groups attached to an aromatic ring is 1. The third-order valence-corrected chi connectivity index (χ3v) is 5.12. The molecule has 1 aromatic carbocycles. The van der Waals surface area contributed by atoms with E-state index < -0.39 is 14.6 Å². The van der Waals surface area contributed by atoms with Gasteiger partial charge in [0.2, 0.25) is 6.73 Å². The summed E-state index contributed by atoms with van der Waals surface area (Å²) in [4.78, 5) is 17.8. The Bertz CT molecular complexity index is 1200. The van der Waals surface area contributed by atoms with Crippen LogP contribution in [0.2, 0.25) is 0 Å². The van der Waals surface area contributed by atoms with Gasteiger partial charge in [0.25, 0.3) is 5.82 Å². The number of aromatic nitrogens is 2. The number of phosphoric acid groups is 1. The summed E-state index contributed by atoms with van der Waals surface area (Å²) >= 11 is 0. The molecule has 9 nitrogen and oxygen atoms in total. The van der Waals surface area contributed by atoms with Crippen molar-refractivity contribution in [1.82, 2.24) is 5.16 Å². The van der Waals surface area contributed by atoms with E-state index in [9.17, 15) is 4.57 Å². The topological polar surface area (TPSA) is 136 Å². The molecule has 4 N–H and O–H groups in total. The minimum atomic E-state index is -4.61. The summed E-state index contributed by atoms with van der Waals surface area (Å²) < 4.78 is 27.6. The van der Waals surface area contributed by atoms with Crippen molar-refractivity contribution in [1.29, 1.82) is 0 Å². The molecule has 0 aliphatic rings. The van der Waals surface area contributed by atoms with Crippen LogP contribution < -0.4 is 10.3 Å². The highest BCUT2D eigenvalue weighted by molar-refractivity contribution is 7.46. The first-order valence-electron chi connectivity index (χ1n) is 9.41. The van der Waals surface area contributed by atoms with Gasteiger partial charge in [0.1, 0.15) is 11.3 Å². The average molecular weight is 442 g/mol. The second-order valence-electron chi connectivity index (χ2n) is 6.96. The van der Waals surface area contributed by atoms with Crippen LogP contribution in [-0.4, -0.2) is 14.9 Å². The summed E-state index contributed by atoms with van der Waals surface area (Å²) in [7, 11) is -4.61. The van der Waals surface area contributed by atoms with Gasteiger partial charge in [-0.2, -0.15) is 0 Å². The lowest BCUT2D eigenvalue weighted by atomic mass is 10.0. The fourth-order valence-electron chi connectivity index (χ4n) is 3.14. The molecule has 0 fully saturated rings. The van der Waals surface area contributed by atoms with Crippen LogP contribution in [-0.2, 0) is 28.7 Å². The summed E-state index contributed by atoms with van der Waals surface area (Å²) in [6.07, 6.45) is 4.53. The monoisotopic (exact) mass is 442 g/mol. The number of nitrogens with zero attached hydrogens (tertiary/aromatic N) is 2. The first-order chi connectivity index (χ1) is 14.9. The van der Waals surface area contributed by atoms with Crippen molar-refractivity contribution in [2.45, 2.75) is 19.6 Å². The summed E-state index contributed by atoms with van der Waals surface area (Å²) in [6.45, 7) is -0.394. The second-order valence-corrected chi connectivity index (χ2v) is 8.20. The number of nitrogens with two attached hydrogens (primary N) is 1. The Morgan fingerprint density at radius 1 is 1.06 bits per heavy atom. The highest BCUT2D eigenvalue weighted by Crippen LogP contribution is 2.35. The second kappa shape index (κ2) is 8.87. The molecule has 0 spiro atoms. The van der Waals surface area contributed by atoms with Crippen molar-refractivity contribution in [3.8, 4) is 11.3 Å². The van der Waals surface area contributed by atoms with Gasteiger partial charge in [0.15, 0.2) is 5.76 Å². The smallest absolute Gasteiger partial charge is 0.469 e. The molecule has 0 atom stereocenters. The zero-order valence-corrected chi connectivity index (χ0v) is 17.3. The molecule has 10 heteroatoms. The molecule has 0 amide bonds. The van der Waals surface area contributed by atoms with Gasteiger partial charge in [-0.15, -0.1) is 0 Å². The maximum absolute atomic E-state index is 10.9. The Kier molecular flexibility index (Phi) is 6.01. The number of phosphoric ester groups is 1. The Hall–Kier alpha value is -3.23. The van der Waals surface area contributed by atoms with Crippen molar-refractivity contribution < 1.29 is 32.4 Å². The van der Waals surface area contributed by atoms with Crippen molar-refractivity contribution >= 4 is 13.6 Å². The van der Waals surface area contributed by atoms with E-state index in [2.05, 4.69) is 21.8 Å². The molecule has 0 aliphatic carbocycles. The molecule has 4 rings (SSSR count). The minimum absolute atomic E-state index is 0.237. The average Bonchev–Trinajstić information content (AvgIpc) is 3.40. The predicted molar refractivity (Wildman–Crippen MR) is 110 cm³/mol. The van der Waals surface area contributed by atoms with E-state index >= 15 is 0 Å². The maximum Gasteiger partial charge on any atom is 0.472 e. The molecule has 0 saturated carbocycles. The van der Waals surface area contributed by atoms with Crippen LogP contribution in [0.1, 0.15) is 22.6 Å². The lowest BCUT2D eigenvalue weighted by molar-refractivity contribution is -0.711. The molecule has 0 unspecified atom stereocenters. The van der Waals surface area contributed by atoms with Crippen LogP contribution >= 0.6 is 7.82 Å². The fourth-order valence-corrected chi connectivity index (χ4v) is 3.42. The first-order valence-corrected chi connectivity index (χ1v) is 10.9. The SMILES string of the molecule is Nc1c(-c2cc(Cc3ccc(Cc4ccco4)cc3)no2)ccc[n+]1COP(=O)(O)O. The normalized spacial score (nSPS) is 11.7. The number of anilines is 1. The van der Waals surface area contributed by atoms with Crippen LogP contribution in [0.4, 0.5) is 5.82 Å². The third-order valence-electron chi connectivity index (χ3n) is 4.67. The standard InChI is InChI=1S/C21H20N3O6P/c22-21-19(4-1-9-24(21)14-29-31(25,26)27)20-13-17(23-30-20)11-15-5-7-16(8-6-15)12-18-3-2-10-28-18/h1-10,13,22H,11-12,14H2,(H2,25,26,27)/p+1. The van der Waals surface area contributed by atoms with E-state index in [1.165, 1.54) is 4.57 Å². The Morgan fingerprint density at radius 2 is 1.81 bits per heavy atom. The van der Waals surface area contributed by atoms with E-state index in [1.807, 2.05) is 24.3 Å². The van der Waals surface area contributed by atoms with Gasteiger partial charge in [0, 0.05) is 18.9 Å². The van der Waals surface area contributed by atoms with Gasteiger partial charge in [-0.05, 0) is 35.4 Å². The zero-order chi connectivity index (χ0) is 21.8. The molecule has 4 aromatic rings. The number of hydrogen-bond acceptors (Lipinski definition) is 6. The number of rotatable bonds is 8. The lowest BCUT2D eigenvalue weighted by Gasteiger charge is -2.07. The Labute approximate surface area is 177 Å². The summed E-state index contributed by atoms with van der Waals surface area (Å²) in [5.41, 5.74) is 9.62. The van der Waals surface area contributed by atoms with Crippen molar-refractivity contribution in [3.63, 3.8) is 0 Å². The van der Waals surface area contributed by atoms with Crippen LogP contribution in [0.25, 0.3) is 11.3 Å². The van der Waals surface area contributed by atoms with Crippen molar-refractivity contribution in [2.24, 2.45) is 0 Å². The van der Waals surface area contributed by atoms with E-state index in [4.69, 9.17) is 24.5 Å². The van der Waals surface area contributed by atoms with Crippen LogP contribution in [0.5, 0.6) is 0 Å². The predicted octanol–water partition coefficient (Wildman–Crippen LogP) is 3.05. The number of furan rings is 1. The van der Waals surface area contributed by atoms with Crippen LogP contribution in [0, 0.1) is 0 Å². The van der Waals surface area contributed by atoms with E-state index in [-0.39, 0.29) is 5.82 Å². The summed E-state index contributed by atoms with van der Waals surface area (Å²) in [5, 5.41) is 4.12. The zero-order valence-electron chi connectivity index (χ0n) is 16.4. The third kappa shape index (κ3) is 5.48. The molecular formula is C21H21N3O6P+. The summed E-state index contributed by atoms with van der Waals surface area (Å²) in [6, 6.07) is 17.2. The lowest BCUT2D eigenvalue weighted by Crippen LogP contribution is -2.38. The van der Waals surface area contributed by atoms with Crippen LogP contribution in [0.15, 0.2) is 76.0 Å². The molecule has 0 aliphatic heterocycles. The molecule has 0 radical (unpaired) electrons. The number of pyridine rings is 1. The molecular weight excluding hydrogens is 421 g/mol. The Morgan fingerprint density at radius 3 is 2.48 bits per heavy atom. The van der Waals surface area contributed by atoms with Gasteiger partial charge in [-0.3, -0.25) is 5.73 Å². The molecule has 0 bridgehead atoms. The number of hydrogen-bond donors (Lipinski definition) is 3. The number of benzene rings is 1.